The molecule has 0 unspecified atom stereocenters. The summed E-state index contributed by atoms with van der Waals surface area (Å²) in [5.41, 5.74) is 0. The predicted octanol–water partition coefficient (Wildman–Crippen LogP) is 1.06. The van der Waals surface area contributed by atoms with Gasteiger partial charge in [-0.15, -0.1) is 0 Å². The smallest absolute Gasteiger partial charge is 0.330 e. The zero-order valence-corrected chi connectivity index (χ0v) is 7.69. The van der Waals surface area contributed by atoms with Crippen molar-refractivity contribution in [2.45, 2.75) is 19.8 Å². The van der Waals surface area contributed by atoms with Gasteiger partial charge in [0.2, 0.25) is 0 Å². The number of unbranched alkanes of at least 4 members (excludes halogenated alkanes) is 1. The van der Waals surface area contributed by atoms with Crippen molar-refractivity contribution in [3.05, 3.63) is 12.2 Å². The molecule has 4 heteroatoms. The van der Waals surface area contributed by atoms with E-state index >= 15 is 0 Å². The Balaban J connectivity index is 3.29. The Kier molecular flexibility index (Phi) is 7.88. The van der Waals surface area contributed by atoms with Crippen molar-refractivity contribution >= 4 is 12.4 Å². The number of hydrogen-bond acceptors (Lipinski definition) is 4. The molecule has 0 radical (unpaired) electrons. The minimum atomic E-state index is -0.334. The standard InChI is InChI=1S/C9H14O4/c1-2-13-9(11)6-4-3-5-7-12-8-10/h4,6,8H,2-3,5,7H2,1H3. The minimum absolute atomic E-state index is 0.334. The number of rotatable bonds is 7. The summed E-state index contributed by atoms with van der Waals surface area (Å²) >= 11 is 0. The SMILES string of the molecule is CCOC(=O)C=CCCCOC=O. The summed E-state index contributed by atoms with van der Waals surface area (Å²) in [5, 5.41) is 0. The second kappa shape index (κ2) is 8.77. The van der Waals surface area contributed by atoms with Crippen LogP contribution in [0.25, 0.3) is 0 Å². The van der Waals surface area contributed by atoms with Gasteiger partial charge in [0.1, 0.15) is 0 Å². The number of allylic oxidation sites excluding steroid dienone is 1. The van der Waals surface area contributed by atoms with Crippen molar-refractivity contribution < 1.29 is 19.1 Å². The number of ether oxygens (including phenoxy) is 2. The van der Waals surface area contributed by atoms with Crippen molar-refractivity contribution in [1.82, 2.24) is 0 Å². The van der Waals surface area contributed by atoms with E-state index in [1.54, 1.807) is 13.0 Å². The van der Waals surface area contributed by atoms with E-state index in [4.69, 9.17) is 0 Å². The third kappa shape index (κ3) is 8.59. The van der Waals surface area contributed by atoms with Crippen molar-refractivity contribution in [2.75, 3.05) is 13.2 Å². The van der Waals surface area contributed by atoms with Crippen molar-refractivity contribution in [2.24, 2.45) is 0 Å². The number of esters is 1. The quantitative estimate of drug-likeness (QED) is 0.258. The van der Waals surface area contributed by atoms with E-state index in [0.717, 1.165) is 0 Å². The molecular formula is C9H14O4. The highest BCUT2D eigenvalue weighted by Gasteiger charge is 1.91. The summed E-state index contributed by atoms with van der Waals surface area (Å²) in [5.74, 6) is -0.334. The Labute approximate surface area is 77.5 Å². The summed E-state index contributed by atoms with van der Waals surface area (Å²) in [6.45, 7) is 2.94. The van der Waals surface area contributed by atoms with E-state index in [-0.39, 0.29) is 5.97 Å². The van der Waals surface area contributed by atoms with E-state index in [1.165, 1.54) is 6.08 Å². The van der Waals surface area contributed by atoms with Gasteiger partial charge in [0.05, 0.1) is 13.2 Å². The van der Waals surface area contributed by atoms with Gasteiger partial charge in [-0.25, -0.2) is 4.79 Å². The van der Waals surface area contributed by atoms with Gasteiger partial charge in [0, 0.05) is 6.08 Å². The zero-order chi connectivity index (χ0) is 9.94. The number of hydrogen-bond donors (Lipinski definition) is 0. The average molecular weight is 186 g/mol. The molecule has 0 aromatic rings. The molecular weight excluding hydrogens is 172 g/mol. The van der Waals surface area contributed by atoms with E-state index in [0.29, 0.717) is 32.5 Å². The molecule has 0 atom stereocenters. The molecule has 0 saturated carbocycles. The molecule has 13 heavy (non-hydrogen) atoms. The molecule has 4 nitrogen and oxygen atoms in total. The van der Waals surface area contributed by atoms with Crippen LogP contribution in [-0.4, -0.2) is 25.7 Å². The highest BCUT2D eigenvalue weighted by Crippen LogP contribution is 1.92. The predicted molar refractivity (Wildman–Crippen MR) is 47.0 cm³/mol. The zero-order valence-electron chi connectivity index (χ0n) is 7.69. The van der Waals surface area contributed by atoms with Gasteiger partial charge in [-0.1, -0.05) is 6.08 Å². The van der Waals surface area contributed by atoms with Crippen molar-refractivity contribution in [3.8, 4) is 0 Å². The second-order valence-corrected chi connectivity index (χ2v) is 2.26. The first-order chi connectivity index (χ1) is 6.31. The molecule has 0 spiro atoms. The van der Waals surface area contributed by atoms with Gasteiger partial charge < -0.3 is 9.47 Å². The van der Waals surface area contributed by atoms with Gasteiger partial charge >= 0.3 is 5.97 Å². The molecule has 0 saturated heterocycles. The Hall–Kier alpha value is -1.32. The Morgan fingerprint density at radius 3 is 2.85 bits per heavy atom. The minimum Gasteiger partial charge on any atom is -0.468 e. The topological polar surface area (TPSA) is 52.6 Å². The molecule has 74 valence electrons. The highest BCUT2D eigenvalue weighted by molar-refractivity contribution is 5.81. The molecule has 0 aliphatic rings. The van der Waals surface area contributed by atoms with Crippen LogP contribution in [0, 0.1) is 0 Å². The number of carbonyl (C=O) groups excluding carboxylic acids is 2. The lowest BCUT2D eigenvalue weighted by Gasteiger charge is -1.95. The average Bonchev–Trinajstić information content (AvgIpc) is 2.11. The Morgan fingerprint density at radius 2 is 2.23 bits per heavy atom. The van der Waals surface area contributed by atoms with Gasteiger partial charge in [0.15, 0.2) is 0 Å². The largest absolute Gasteiger partial charge is 0.468 e. The maximum Gasteiger partial charge on any atom is 0.330 e. The first-order valence-corrected chi connectivity index (χ1v) is 4.19. The van der Waals surface area contributed by atoms with E-state index in [2.05, 4.69) is 9.47 Å². The molecule has 0 aliphatic carbocycles. The molecule has 0 N–H and O–H groups in total. The van der Waals surface area contributed by atoms with E-state index < -0.39 is 0 Å². The first-order valence-electron chi connectivity index (χ1n) is 4.19. The van der Waals surface area contributed by atoms with Crippen LogP contribution in [-0.2, 0) is 19.1 Å². The Morgan fingerprint density at radius 1 is 1.46 bits per heavy atom. The highest BCUT2D eigenvalue weighted by atomic mass is 16.5. The fraction of sp³-hybridized carbons (Fsp3) is 0.556. The molecule has 0 aromatic carbocycles. The van der Waals surface area contributed by atoms with E-state index in [1.807, 2.05) is 0 Å². The molecule has 0 fully saturated rings. The maximum absolute atomic E-state index is 10.7. The van der Waals surface area contributed by atoms with Crippen LogP contribution >= 0.6 is 0 Å². The fourth-order valence-electron chi connectivity index (χ4n) is 0.703. The Bertz CT molecular complexity index is 174. The normalized spacial score (nSPS) is 9.92. The molecule has 0 rings (SSSR count). The molecule has 0 amide bonds. The number of carbonyl (C=O) groups is 2. The van der Waals surface area contributed by atoms with Crippen LogP contribution in [0.4, 0.5) is 0 Å². The van der Waals surface area contributed by atoms with Crippen molar-refractivity contribution in [3.63, 3.8) is 0 Å². The van der Waals surface area contributed by atoms with Crippen LogP contribution < -0.4 is 0 Å². The summed E-state index contributed by atoms with van der Waals surface area (Å²) < 4.78 is 9.11. The van der Waals surface area contributed by atoms with Crippen molar-refractivity contribution in [1.29, 1.82) is 0 Å². The van der Waals surface area contributed by atoms with Gasteiger partial charge in [0.25, 0.3) is 6.47 Å². The van der Waals surface area contributed by atoms with Gasteiger partial charge in [-0.2, -0.15) is 0 Å². The van der Waals surface area contributed by atoms with Crippen LogP contribution in [0.3, 0.4) is 0 Å². The van der Waals surface area contributed by atoms with E-state index in [9.17, 15) is 9.59 Å². The van der Waals surface area contributed by atoms with Crippen LogP contribution in [0.5, 0.6) is 0 Å². The fourth-order valence-corrected chi connectivity index (χ4v) is 0.703. The summed E-state index contributed by atoms with van der Waals surface area (Å²) in [6, 6.07) is 0. The lowest BCUT2D eigenvalue weighted by molar-refractivity contribution is -0.137. The lowest BCUT2D eigenvalue weighted by Crippen LogP contribution is -1.98. The van der Waals surface area contributed by atoms with Crippen LogP contribution in [0.2, 0.25) is 0 Å². The first kappa shape index (κ1) is 11.7. The summed E-state index contributed by atoms with van der Waals surface area (Å²) in [4.78, 5) is 20.5. The van der Waals surface area contributed by atoms with Gasteiger partial charge in [-0.05, 0) is 19.8 Å². The molecule has 0 heterocycles. The summed E-state index contributed by atoms with van der Waals surface area (Å²) in [7, 11) is 0. The summed E-state index contributed by atoms with van der Waals surface area (Å²) in [6.07, 6.45) is 4.50. The van der Waals surface area contributed by atoms with Crippen LogP contribution in [0.1, 0.15) is 19.8 Å². The lowest BCUT2D eigenvalue weighted by atomic mass is 10.3. The maximum atomic E-state index is 10.7. The van der Waals surface area contributed by atoms with Crippen LogP contribution in [0.15, 0.2) is 12.2 Å². The molecule has 0 bridgehead atoms. The molecule has 0 aromatic heterocycles. The molecule has 0 aliphatic heterocycles. The third-order valence-electron chi connectivity index (χ3n) is 1.24. The third-order valence-corrected chi connectivity index (χ3v) is 1.24. The second-order valence-electron chi connectivity index (χ2n) is 2.26. The monoisotopic (exact) mass is 186 g/mol. The van der Waals surface area contributed by atoms with Gasteiger partial charge in [-0.3, -0.25) is 4.79 Å².